The molecule has 0 aliphatic carbocycles. The molecule has 0 saturated heterocycles. The molecule has 0 aliphatic rings. The molecule has 1 rings (SSSR count). The standard InChI is InChI=1S/C13H22N2O3S2/c1-4-10(5-2)9(3)15-12(16)8-11-6-7-13(19-11)20(14,17)18/h6-7,9-10H,4-5,8H2,1-3H3,(H,15,16)(H2,14,17,18). The van der Waals surface area contributed by atoms with Gasteiger partial charge in [0.15, 0.2) is 0 Å². The van der Waals surface area contributed by atoms with Crippen molar-refractivity contribution in [1.82, 2.24) is 5.32 Å². The van der Waals surface area contributed by atoms with Gasteiger partial charge in [-0.05, 0) is 25.0 Å². The maximum Gasteiger partial charge on any atom is 0.247 e. The van der Waals surface area contributed by atoms with Crippen molar-refractivity contribution in [2.45, 2.75) is 50.3 Å². The van der Waals surface area contributed by atoms with Gasteiger partial charge in [-0.1, -0.05) is 26.7 Å². The summed E-state index contributed by atoms with van der Waals surface area (Å²) >= 11 is 1.04. The molecule has 0 spiro atoms. The van der Waals surface area contributed by atoms with E-state index < -0.39 is 10.0 Å². The second kappa shape index (κ2) is 7.19. The second-order valence-corrected chi connectivity index (χ2v) is 7.83. The molecule has 0 saturated carbocycles. The first kappa shape index (κ1) is 17.1. The molecule has 0 radical (unpaired) electrons. The van der Waals surface area contributed by atoms with E-state index in [9.17, 15) is 13.2 Å². The van der Waals surface area contributed by atoms with E-state index in [1.807, 2.05) is 6.92 Å². The number of nitrogens with two attached hydrogens (primary N) is 1. The largest absolute Gasteiger partial charge is 0.353 e. The van der Waals surface area contributed by atoms with Crippen molar-refractivity contribution in [2.75, 3.05) is 0 Å². The molecule has 5 nitrogen and oxygen atoms in total. The van der Waals surface area contributed by atoms with Crippen LogP contribution < -0.4 is 10.5 Å². The van der Waals surface area contributed by atoms with Gasteiger partial charge in [-0.25, -0.2) is 13.6 Å². The monoisotopic (exact) mass is 318 g/mol. The fourth-order valence-corrected chi connectivity index (χ4v) is 3.96. The Hall–Kier alpha value is -0.920. The van der Waals surface area contributed by atoms with Gasteiger partial charge in [-0.2, -0.15) is 0 Å². The van der Waals surface area contributed by atoms with E-state index in [0.717, 1.165) is 24.2 Å². The van der Waals surface area contributed by atoms with Crippen molar-refractivity contribution in [3.63, 3.8) is 0 Å². The number of thiophene rings is 1. The van der Waals surface area contributed by atoms with Crippen molar-refractivity contribution < 1.29 is 13.2 Å². The van der Waals surface area contributed by atoms with Gasteiger partial charge in [-0.15, -0.1) is 11.3 Å². The number of primary sulfonamides is 1. The van der Waals surface area contributed by atoms with E-state index >= 15 is 0 Å². The van der Waals surface area contributed by atoms with Crippen LogP contribution in [0.25, 0.3) is 0 Å². The van der Waals surface area contributed by atoms with Crippen LogP contribution in [0.5, 0.6) is 0 Å². The Balaban J connectivity index is 2.61. The molecule has 20 heavy (non-hydrogen) atoms. The fraction of sp³-hybridized carbons (Fsp3) is 0.615. The van der Waals surface area contributed by atoms with Crippen LogP contribution in [-0.4, -0.2) is 20.4 Å². The third kappa shape index (κ3) is 4.88. The lowest BCUT2D eigenvalue weighted by Gasteiger charge is -2.22. The number of carbonyl (C=O) groups excluding carboxylic acids is 1. The molecule has 0 fully saturated rings. The van der Waals surface area contributed by atoms with Crippen LogP contribution in [0.4, 0.5) is 0 Å². The first-order valence-electron chi connectivity index (χ1n) is 6.68. The maximum atomic E-state index is 11.9. The summed E-state index contributed by atoms with van der Waals surface area (Å²) in [7, 11) is -3.68. The lowest BCUT2D eigenvalue weighted by atomic mass is 9.95. The van der Waals surface area contributed by atoms with Crippen LogP contribution >= 0.6 is 11.3 Å². The van der Waals surface area contributed by atoms with Gasteiger partial charge in [0.2, 0.25) is 15.9 Å². The number of nitrogens with one attached hydrogen (secondary N) is 1. The Kier molecular flexibility index (Phi) is 6.16. The predicted octanol–water partition coefficient (Wildman–Crippen LogP) is 1.88. The van der Waals surface area contributed by atoms with Gasteiger partial charge >= 0.3 is 0 Å². The molecular formula is C13H22N2O3S2. The zero-order valence-electron chi connectivity index (χ0n) is 12.0. The minimum Gasteiger partial charge on any atom is -0.353 e. The summed E-state index contributed by atoms with van der Waals surface area (Å²) in [4.78, 5) is 12.6. The summed E-state index contributed by atoms with van der Waals surface area (Å²) in [5.74, 6) is 0.370. The average molecular weight is 318 g/mol. The van der Waals surface area contributed by atoms with Crippen LogP contribution in [0.15, 0.2) is 16.3 Å². The SMILES string of the molecule is CCC(CC)C(C)NC(=O)Cc1ccc(S(N)(=O)=O)s1. The summed E-state index contributed by atoms with van der Waals surface area (Å²) in [5, 5.41) is 8.00. The van der Waals surface area contributed by atoms with Gasteiger partial charge in [-0.3, -0.25) is 4.79 Å². The highest BCUT2D eigenvalue weighted by Crippen LogP contribution is 2.21. The molecule has 1 aromatic rings. The van der Waals surface area contributed by atoms with Crippen molar-refractivity contribution in [3.05, 3.63) is 17.0 Å². The van der Waals surface area contributed by atoms with E-state index in [4.69, 9.17) is 5.14 Å². The summed E-state index contributed by atoms with van der Waals surface area (Å²) < 4.78 is 22.4. The quantitative estimate of drug-likeness (QED) is 0.804. The third-order valence-electron chi connectivity index (χ3n) is 3.40. The van der Waals surface area contributed by atoms with Crippen LogP contribution in [-0.2, 0) is 21.2 Å². The zero-order chi connectivity index (χ0) is 15.3. The van der Waals surface area contributed by atoms with E-state index in [1.165, 1.54) is 6.07 Å². The minimum absolute atomic E-state index is 0.0905. The van der Waals surface area contributed by atoms with E-state index in [1.54, 1.807) is 6.07 Å². The minimum atomic E-state index is -3.68. The Labute approximate surface area is 124 Å². The highest BCUT2D eigenvalue weighted by molar-refractivity contribution is 7.91. The van der Waals surface area contributed by atoms with Crippen molar-refractivity contribution in [3.8, 4) is 0 Å². The summed E-state index contributed by atoms with van der Waals surface area (Å²) in [6.45, 7) is 6.21. The van der Waals surface area contributed by atoms with Crippen LogP contribution in [0, 0.1) is 5.92 Å². The van der Waals surface area contributed by atoms with Crippen LogP contribution in [0.3, 0.4) is 0 Å². The Morgan fingerprint density at radius 1 is 1.35 bits per heavy atom. The highest BCUT2D eigenvalue weighted by Gasteiger charge is 2.17. The molecule has 1 amide bonds. The third-order valence-corrected chi connectivity index (χ3v) is 5.92. The van der Waals surface area contributed by atoms with Gasteiger partial charge in [0.1, 0.15) is 4.21 Å². The van der Waals surface area contributed by atoms with Gasteiger partial charge in [0.05, 0.1) is 6.42 Å². The molecule has 1 aromatic heterocycles. The summed E-state index contributed by atoms with van der Waals surface area (Å²) in [6, 6.07) is 3.19. The molecule has 7 heteroatoms. The van der Waals surface area contributed by atoms with Crippen LogP contribution in [0.2, 0.25) is 0 Å². The number of sulfonamides is 1. The first-order chi connectivity index (χ1) is 9.27. The van der Waals surface area contributed by atoms with Gasteiger partial charge in [0.25, 0.3) is 0 Å². The topological polar surface area (TPSA) is 89.3 Å². The number of carbonyl (C=O) groups is 1. The smallest absolute Gasteiger partial charge is 0.247 e. The summed E-state index contributed by atoms with van der Waals surface area (Å²) in [6.07, 6.45) is 2.23. The maximum absolute atomic E-state index is 11.9. The molecule has 0 aliphatic heterocycles. The van der Waals surface area contributed by atoms with E-state index in [0.29, 0.717) is 10.8 Å². The number of amides is 1. The zero-order valence-corrected chi connectivity index (χ0v) is 13.7. The first-order valence-corrected chi connectivity index (χ1v) is 9.05. The molecule has 1 heterocycles. The second-order valence-electron chi connectivity index (χ2n) is 4.88. The summed E-state index contributed by atoms with van der Waals surface area (Å²) in [5.41, 5.74) is 0. The molecule has 0 bridgehead atoms. The van der Waals surface area contributed by atoms with Crippen molar-refractivity contribution >= 4 is 27.3 Å². The molecule has 1 unspecified atom stereocenters. The van der Waals surface area contributed by atoms with Gasteiger partial charge in [0, 0.05) is 10.9 Å². The normalized spacial score (nSPS) is 13.4. The molecule has 1 atom stereocenters. The number of rotatable bonds is 7. The molecular weight excluding hydrogens is 296 g/mol. The van der Waals surface area contributed by atoms with Crippen LogP contribution in [0.1, 0.15) is 38.5 Å². The molecule has 114 valence electrons. The Morgan fingerprint density at radius 2 is 1.95 bits per heavy atom. The Morgan fingerprint density at radius 3 is 2.40 bits per heavy atom. The van der Waals surface area contributed by atoms with Crippen molar-refractivity contribution in [1.29, 1.82) is 0 Å². The van der Waals surface area contributed by atoms with E-state index in [-0.39, 0.29) is 22.6 Å². The number of hydrogen-bond acceptors (Lipinski definition) is 4. The fourth-order valence-electron chi connectivity index (χ4n) is 2.18. The molecule has 0 aromatic carbocycles. The van der Waals surface area contributed by atoms with Crippen molar-refractivity contribution in [2.24, 2.45) is 11.1 Å². The number of hydrogen-bond donors (Lipinski definition) is 2. The highest BCUT2D eigenvalue weighted by atomic mass is 32.2. The average Bonchev–Trinajstić information content (AvgIpc) is 2.78. The molecule has 3 N–H and O–H groups in total. The van der Waals surface area contributed by atoms with Gasteiger partial charge < -0.3 is 5.32 Å². The predicted molar refractivity (Wildman–Crippen MR) is 81.1 cm³/mol. The lowest BCUT2D eigenvalue weighted by Crippen LogP contribution is -2.38. The Bertz CT molecular complexity index is 548. The van der Waals surface area contributed by atoms with E-state index in [2.05, 4.69) is 19.2 Å². The lowest BCUT2D eigenvalue weighted by molar-refractivity contribution is -0.121.